The van der Waals surface area contributed by atoms with Crippen LogP contribution in [0.5, 0.6) is 0 Å². The third kappa shape index (κ3) is 3.87. The van der Waals surface area contributed by atoms with E-state index in [2.05, 4.69) is 56.1 Å². The summed E-state index contributed by atoms with van der Waals surface area (Å²) in [6.45, 7) is 1.89. The third-order valence-electron chi connectivity index (χ3n) is 7.74. The Kier molecular flexibility index (Phi) is 5.59. The van der Waals surface area contributed by atoms with Crippen molar-refractivity contribution in [2.75, 3.05) is 23.7 Å². The largest absolute Gasteiger partial charge is 0.399 e. The second-order valence-corrected chi connectivity index (χ2v) is 9.81. The zero-order valence-electron chi connectivity index (χ0n) is 20.1. The maximum Gasteiger partial charge on any atom is 0.152 e. The van der Waals surface area contributed by atoms with Crippen molar-refractivity contribution in [3.63, 3.8) is 0 Å². The zero-order valence-corrected chi connectivity index (χ0v) is 20.1. The minimum Gasteiger partial charge on any atom is -0.399 e. The molecule has 2 aromatic heterocycles. The Labute approximate surface area is 210 Å². The van der Waals surface area contributed by atoms with Crippen LogP contribution < -0.4 is 16.4 Å². The van der Waals surface area contributed by atoms with Crippen LogP contribution in [0, 0.1) is 17.3 Å². The molecule has 0 unspecified atom stereocenters. The first kappa shape index (κ1) is 22.5. The Morgan fingerprint density at radius 2 is 1.94 bits per heavy atom. The Balaban J connectivity index is 1.16. The number of piperidine rings is 1. The summed E-state index contributed by atoms with van der Waals surface area (Å²) >= 11 is 0. The molecule has 3 heterocycles. The van der Waals surface area contributed by atoms with E-state index in [4.69, 9.17) is 11.5 Å². The molecule has 0 bridgehead atoms. The van der Waals surface area contributed by atoms with Gasteiger partial charge in [-0.3, -0.25) is 4.68 Å². The van der Waals surface area contributed by atoms with Crippen molar-refractivity contribution in [3.8, 4) is 11.8 Å². The van der Waals surface area contributed by atoms with Gasteiger partial charge in [-0.05, 0) is 59.9 Å². The molecule has 182 valence electrons. The Bertz CT molecular complexity index is 1490. The number of nitrogens with two attached hydrogens (primary N) is 2. The molecule has 4 aromatic rings. The highest BCUT2D eigenvalue weighted by Crippen LogP contribution is 2.51. The van der Waals surface area contributed by atoms with Crippen molar-refractivity contribution in [1.82, 2.24) is 19.7 Å². The van der Waals surface area contributed by atoms with Crippen LogP contribution in [0.25, 0.3) is 10.9 Å². The fourth-order valence-corrected chi connectivity index (χ4v) is 5.74. The minimum atomic E-state index is -0.187. The van der Waals surface area contributed by atoms with Crippen molar-refractivity contribution in [2.45, 2.75) is 38.5 Å². The maximum absolute atomic E-state index is 10.0. The lowest BCUT2D eigenvalue weighted by Gasteiger charge is -2.42. The predicted octanol–water partition coefficient (Wildman–Crippen LogP) is 2.80. The monoisotopic (exact) mass is 479 g/mol. The van der Waals surface area contributed by atoms with Crippen LogP contribution >= 0.6 is 0 Å². The van der Waals surface area contributed by atoms with Gasteiger partial charge in [0.25, 0.3) is 0 Å². The van der Waals surface area contributed by atoms with Crippen LogP contribution in [0.3, 0.4) is 0 Å². The van der Waals surface area contributed by atoms with Gasteiger partial charge in [0.2, 0.25) is 0 Å². The van der Waals surface area contributed by atoms with Crippen LogP contribution in [-0.4, -0.2) is 37.9 Å². The van der Waals surface area contributed by atoms with E-state index in [1.807, 2.05) is 22.9 Å². The molecule has 0 saturated carbocycles. The molecule has 1 aliphatic carbocycles. The van der Waals surface area contributed by atoms with E-state index in [0.717, 1.165) is 49.1 Å². The lowest BCUT2D eigenvalue weighted by molar-refractivity contribution is 0.186. The molecular formula is C28H29N7O. The standard InChI is InChI=1S/C28H29N7O/c29-21-8-7-20-16-32-35(25(20)14-21)11-3-5-22-17-31-27(24(18-36)33-22)34-12-9-28(10-13-34)15-19-4-1-2-6-23(19)26(28)30/h1-2,4,6-8,14,16-17,26,36H,9-13,15,18,29-30H2/t26-/m1/s1. The van der Waals surface area contributed by atoms with E-state index in [9.17, 15) is 5.11 Å². The van der Waals surface area contributed by atoms with E-state index >= 15 is 0 Å². The summed E-state index contributed by atoms with van der Waals surface area (Å²) in [5.74, 6) is 6.90. The number of aliphatic hydroxyl groups is 1. The van der Waals surface area contributed by atoms with E-state index in [-0.39, 0.29) is 18.1 Å². The second-order valence-electron chi connectivity index (χ2n) is 9.81. The molecule has 1 fully saturated rings. The number of hydrogen-bond acceptors (Lipinski definition) is 7. The molecule has 2 aromatic carbocycles. The number of nitrogen functional groups attached to an aromatic ring is 1. The van der Waals surface area contributed by atoms with Crippen molar-refractivity contribution >= 4 is 22.4 Å². The molecule has 1 aliphatic heterocycles. The molecule has 1 spiro atoms. The predicted molar refractivity (Wildman–Crippen MR) is 140 cm³/mol. The van der Waals surface area contributed by atoms with Crippen LogP contribution in [0.4, 0.5) is 11.5 Å². The van der Waals surface area contributed by atoms with Gasteiger partial charge in [0, 0.05) is 30.2 Å². The molecular weight excluding hydrogens is 450 g/mol. The van der Waals surface area contributed by atoms with Crippen molar-refractivity contribution < 1.29 is 5.11 Å². The summed E-state index contributed by atoms with van der Waals surface area (Å²) in [4.78, 5) is 11.5. The molecule has 0 radical (unpaired) electrons. The maximum atomic E-state index is 10.0. The first-order valence-corrected chi connectivity index (χ1v) is 12.3. The molecule has 8 nitrogen and oxygen atoms in total. The highest BCUT2D eigenvalue weighted by molar-refractivity contribution is 5.81. The zero-order chi connectivity index (χ0) is 24.7. The molecule has 1 saturated heterocycles. The normalized spacial score (nSPS) is 18.3. The lowest BCUT2D eigenvalue weighted by atomic mass is 9.73. The Morgan fingerprint density at radius 1 is 1.11 bits per heavy atom. The fraction of sp³-hybridized carbons (Fsp3) is 0.321. The van der Waals surface area contributed by atoms with E-state index in [0.29, 0.717) is 23.6 Å². The molecule has 36 heavy (non-hydrogen) atoms. The van der Waals surface area contributed by atoms with Gasteiger partial charge in [0.1, 0.15) is 17.9 Å². The van der Waals surface area contributed by atoms with Gasteiger partial charge < -0.3 is 21.5 Å². The number of aromatic nitrogens is 4. The van der Waals surface area contributed by atoms with Gasteiger partial charge in [-0.25, -0.2) is 9.97 Å². The van der Waals surface area contributed by atoms with E-state index in [1.165, 1.54) is 11.1 Å². The van der Waals surface area contributed by atoms with Crippen LogP contribution in [0.1, 0.15) is 41.4 Å². The van der Waals surface area contributed by atoms with E-state index < -0.39 is 0 Å². The van der Waals surface area contributed by atoms with Crippen LogP contribution in [0.15, 0.2) is 54.9 Å². The van der Waals surface area contributed by atoms with E-state index in [1.54, 1.807) is 12.4 Å². The number of aliphatic hydroxyl groups excluding tert-OH is 1. The third-order valence-corrected chi connectivity index (χ3v) is 7.74. The first-order chi connectivity index (χ1) is 17.6. The summed E-state index contributed by atoms with van der Waals surface area (Å²) in [5, 5.41) is 15.4. The number of fused-ring (bicyclic) bond motifs is 2. The van der Waals surface area contributed by atoms with Gasteiger partial charge in [-0.2, -0.15) is 5.10 Å². The molecule has 1 atom stereocenters. The van der Waals surface area contributed by atoms with Crippen molar-refractivity contribution in [1.29, 1.82) is 0 Å². The topological polar surface area (TPSA) is 119 Å². The van der Waals surface area contributed by atoms with Crippen molar-refractivity contribution in [3.05, 3.63) is 77.4 Å². The highest BCUT2D eigenvalue weighted by atomic mass is 16.3. The smallest absolute Gasteiger partial charge is 0.152 e. The molecule has 6 rings (SSSR count). The average molecular weight is 480 g/mol. The molecule has 0 amide bonds. The molecule has 2 aliphatic rings. The fourth-order valence-electron chi connectivity index (χ4n) is 5.74. The van der Waals surface area contributed by atoms with Gasteiger partial charge in [-0.15, -0.1) is 0 Å². The lowest BCUT2D eigenvalue weighted by Crippen LogP contribution is -2.45. The van der Waals surface area contributed by atoms with Gasteiger partial charge >= 0.3 is 0 Å². The quantitative estimate of drug-likeness (QED) is 0.305. The van der Waals surface area contributed by atoms with Crippen LogP contribution in [-0.2, 0) is 19.6 Å². The Morgan fingerprint density at radius 3 is 2.75 bits per heavy atom. The molecule has 5 N–H and O–H groups in total. The number of anilines is 2. The number of nitrogens with zero attached hydrogens (tertiary/aromatic N) is 5. The number of rotatable bonds is 3. The highest BCUT2D eigenvalue weighted by Gasteiger charge is 2.46. The summed E-state index contributed by atoms with van der Waals surface area (Å²) in [6.07, 6.45) is 6.49. The number of hydrogen-bond donors (Lipinski definition) is 3. The van der Waals surface area contributed by atoms with Gasteiger partial charge in [0.05, 0.1) is 24.5 Å². The van der Waals surface area contributed by atoms with Gasteiger partial charge in [0.15, 0.2) is 5.82 Å². The molecule has 8 heteroatoms. The average Bonchev–Trinajstić information content (AvgIpc) is 3.42. The summed E-state index contributed by atoms with van der Waals surface area (Å²) in [6, 6.07) is 14.3. The first-order valence-electron chi connectivity index (χ1n) is 12.3. The van der Waals surface area contributed by atoms with Crippen molar-refractivity contribution in [2.24, 2.45) is 11.1 Å². The second kappa shape index (κ2) is 8.94. The minimum absolute atomic E-state index is 0.0697. The summed E-state index contributed by atoms with van der Waals surface area (Å²) in [5.41, 5.74) is 18.1. The number of benzene rings is 2. The van der Waals surface area contributed by atoms with Gasteiger partial charge in [-0.1, -0.05) is 30.2 Å². The summed E-state index contributed by atoms with van der Waals surface area (Å²) in [7, 11) is 0. The SMILES string of the molecule is Nc1ccc2cnn(CC#Cc3cnc(N4CCC5(CC4)Cc4ccccc4[C@H]5N)c(CO)n3)c2c1. The summed E-state index contributed by atoms with van der Waals surface area (Å²) < 4.78 is 1.81. The Hall–Kier alpha value is -3.93. The van der Waals surface area contributed by atoms with Crippen LogP contribution in [0.2, 0.25) is 0 Å².